The fourth-order valence-corrected chi connectivity index (χ4v) is 3.80. The average Bonchev–Trinajstić information content (AvgIpc) is 3.15. The first-order chi connectivity index (χ1) is 10.3. The molecule has 3 rings (SSSR count). The topological polar surface area (TPSA) is 43.3 Å². The molecule has 0 aromatic carbocycles. The van der Waals surface area contributed by atoms with Crippen LogP contribution in [0.4, 0.5) is 0 Å². The van der Waals surface area contributed by atoms with Crippen LogP contribution in [0.2, 0.25) is 0 Å². The van der Waals surface area contributed by atoms with Crippen molar-refractivity contribution in [3.63, 3.8) is 0 Å². The Bertz CT molecular complexity index is 544. The van der Waals surface area contributed by atoms with Gasteiger partial charge in [0.15, 0.2) is 0 Å². The third kappa shape index (κ3) is 3.06. The molecule has 2 aliphatic rings. The van der Waals surface area contributed by atoms with Crippen LogP contribution in [-0.4, -0.2) is 24.8 Å². The van der Waals surface area contributed by atoms with Crippen molar-refractivity contribution < 1.29 is 4.74 Å². The Morgan fingerprint density at radius 2 is 2.10 bits per heavy atom. The summed E-state index contributed by atoms with van der Waals surface area (Å²) in [5.41, 5.74) is 3.91. The van der Waals surface area contributed by atoms with Crippen molar-refractivity contribution in [2.24, 2.45) is 0 Å². The molecule has 0 saturated heterocycles. The summed E-state index contributed by atoms with van der Waals surface area (Å²) in [6.07, 6.45) is 8.29. The van der Waals surface area contributed by atoms with Crippen molar-refractivity contribution in [2.75, 3.05) is 20.3 Å². The molecule has 0 atom stereocenters. The Morgan fingerprint density at radius 3 is 2.86 bits per heavy atom. The Morgan fingerprint density at radius 1 is 1.29 bits per heavy atom. The van der Waals surface area contributed by atoms with Crippen molar-refractivity contribution in [2.45, 2.75) is 57.5 Å². The van der Waals surface area contributed by atoms with Crippen LogP contribution < -0.4 is 10.9 Å². The molecule has 1 fully saturated rings. The Hall–Kier alpha value is -1.13. The molecule has 1 aromatic heterocycles. The van der Waals surface area contributed by atoms with E-state index >= 15 is 0 Å². The molecule has 1 heterocycles. The van der Waals surface area contributed by atoms with Crippen molar-refractivity contribution in [3.8, 4) is 0 Å². The molecule has 0 bridgehead atoms. The first kappa shape index (κ1) is 14.8. The number of nitrogens with one attached hydrogen (secondary N) is 1. The van der Waals surface area contributed by atoms with Crippen LogP contribution in [0.15, 0.2) is 10.9 Å². The second kappa shape index (κ2) is 6.75. The van der Waals surface area contributed by atoms with Crippen molar-refractivity contribution in [3.05, 3.63) is 33.2 Å². The number of ether oxygens (including phenoxy) is 1. The van der Waals surface area contributed by atoms with Crippen molar-refractivity contribution in [1.82, 2.24) is 9.88 Å². The lowest BCUT2D eigenvalue weighted by molar-refractivity contribution is 0.199. The van der Waals surface area contributed by atoms with Gasteiger partial charge in [-0.2, -0.15) is 0 Å². The maximum absolute atomic E-state index is 12.9. The normalized spacial score (nSPS) is 18.3. The second-order valence-corrected chi connectivity index (χ2v) is 6.28. The molecule has 4 heteroatoms. The molecular formula is C17H26N2O2. The highest BCUT2D eigenvalue weighted by atomic mass is 16.5. The van der Waals surface area contributed by atoms with E-state index in [1.807, 2.05) is 0 Å². The third-order valence-electron chi connectivity index (χ3n) is 4.85. The molecule has 0 amide bonds. The molecule has 0 unspecified atom stereocenters. The second-order valence-electron chi connectivity index (χ2n) is 6.28. The van der Waals surface area contributed by atoms with Gasteiger partial charge in [-0.3, -0.25) is 4.79 Å². The highest BCUT2D eigenvalue weighted by Gasteiger charge is 2.25. The van der Waals surface area contributed by atoms with Gasteiger partial charge in [0.25, 0.3) is 5.56 Å². The molecule has 21 heavy (non-hydrogen) atoms. The summed E-state index contributed by atoms with van der Waals surface area (Å²) in [5.74, 6) is 0. The van der Waals surface area contributed by atoms with E-state index in [1.165, 1.54) is 43.4 Å². The monoisotopic (exact) mass is 290 g/mol. The van der Waals surface area contributed by atoms with Crippen LogP contribution in [0.1, 0.15) is 55.0 Å². The Balaban J connectivity index is 1.87. The largest absolute Gasteiger partial charge is 0.383 e. The SMILES string of the molecule is COCCNCc1cc2c(n(C3CCCC3)c1=O)CCC2. The van der Waals surface area contributed by atoms with E-state index in [4.69, 9.17) is 4.74 Å². The first-order valence-corrected chi connectivity index (χ1v) is 8.27. The predicted molar refractivity (Wildman–Crippen MR) is 83.8 cm³/mol. The number of nitrogens with zero attached hydrogens (tertiary/aromatic N) is 1. The molecule has 0 spiro atoms. The molecule has 1 saturated carbocycles. The van der Waals surface area contributed by atoms with Gasteiger partial charge in [0, 0.05) is 37.5 Å². The van der Waals surface area contributed by atoms with E-state index in [1.54, 1.807) is 7.11 Å². The quantitative estimate of drug-likeness (QED) is 0.817. The molecule has 4 nitrogen and oxygen atoms in total. The van der Waals surface area contributed by atoms with Gasteiger partial charge in [-0.1, -0.05) is 12.8 Å². The fraction of sp³-hybridized carbons (Fsp3) is 0.706. The summed E-state index contributed by atoms with van der Waals surface area (Å²) >= 11 is 0. The van der Waals surface area contributed by atoms with Crippen molar-refractivity contribution >= 4 is 0 Å². The van der Waals surface area contributed by atoms with Gasteiger partial charge in [-0.25, -0.2) is 0 Å². The van der Waals surface area contributed by atoms with Gasteiger partial charge in [-0.15, -0.1) is 0 Å². The lowest BCUT2D eigenvalue weighted by Crippen LogP contribution is -2.32. The van der Waals surface area contributed by atoms with Gasteiger partial charge in [-0.05, 0) is 43.7 Å². The van der Waals surface area contributed by atoms with Crippen LogP contribution in [0.25, 0.3) is 0 Å². The van der Waals surface area contributed by atoms with E-state index in [2.05, 4.69) is 16.0 Å². The average molecular weight is 290 g/mol. The van der Waals surface area contributed by atoms with Crippen LogP contribution in [0.5, 0.6) is 0 Å². The van der Waals surface area contributed by atoms with E-state index in [-0.39, 0.29) is 5.56 Å². The molecule has 2 aliphatic carbocycles. The zero-order valence-electron chi connectivity index (χ0n) is 13.0. The number of rotatable bonds is 6. The summed E-state index contributed by atoms with van der Waals surface area (Å²) in [4.78, 5) is 12.9. The minimum atomic E-state index is 0.243. The zero-order valence-corrected chi connectivity index (χ0v) is 13.0. The summed E-state index contributed by atoms with van der Waals surface area (Å²) < 4.78 is 7.20. The van der Waals surface area contributed by atoms with Crippen LogP contribution >= 0.6 is 0 Å². The lowest BCUT2D eigenvalue weighted by atomic mass is 10.1. The van der Waals surface area contributed by atoms with Gasteiger partial charge in [0.05, 0.1) is 6.61 Å². The van der Waals surface area contributed by atoms with E-state index in [0.29, 0.717) is 19.2 Å². The summed E-state index contributed by atoms with van der Waals surface area (Å²) in [6, 6.07) is 2.60. The number of methoxy groups -OCH3 is 1. The van der Waals surface area contributed by atoms with Crippen LogP contribution in [0.3, 0.4) is 0 Å². The summed E-state index contributed by atoms with van der Waals surface area (Å²) in [5, 5.41) is 3.31. The molecule has 0 radical (unpaired) electrons. The number of hydrogen-bond acceptors (Lipinski definition) is 3. The maximum Gasteiger partial charge on any atom is 0.255 e. The first-order valence-electron chi connectivity index (χ1n) is 8.27. The number of aromatic nitrogens is 1. The third-order valence-corrected chi connectivity index (χ3v) is 4.85. The Labute approximate surface area is 126 Å². The number of hydrogen-bond donors (Lipinski definition) is 1. The minimum absolute atomic E-state index is 0.243. The molecule has 116 valence electrons. The standard InChI is InChI=1S/C17H26N2O2/c1-21-10-9-18-12-14-11-13-5-4-8-16(13)19(17(14)20)15-6-2-3-7-15/h11,15,18H,2-10,12H2,1H3. The fourth-order valence-electron chi connectivity index (χ4n) is 3.80. The zero-order chi connectivity index (χ0) is 14.7. The lowest BCUT2D eigenvalue weighted by Gasteiger charge is -2.20. The van der Waals surface area contributed by atoms with E-state index < -0.39 is 0 Å². The van der Waals surface area contributed by atoms with Crippen LogP contribution in [-0.2, 0) is 24.1 Å². The molecular weight excluding hydrogens is 264 g/mol. The number of pyridine rings is 1. The highest BCUT2D eigenvalue weighted by Crippen LogP contribution is 2.32. The summed E-state index contributed by atoms with van der Waals surface area (Å²) in [6.45, 7) is 2.13. The van der Waals surface area contributed by atoms with Crippen LogP contribution in [0, 0.1) is 0 Å². The van der Waals surface area contributed by atoms with E-state index in [0.717, 1.165) is 24.9 Å². The minimum Gasteiger partial charge on any atom is -0.383 e. The van der Waals surface area contributed by atoms with Crippen molar-refractivity contribution in [1.29, 1.82) is 0 Å². The van der Waals surface area contributed by atoms with Gasteiger partial charge < -0.3 is 14.6 Å². The van der Waals surface area contributed by atoms with E-state index in [9.17, 15) is 4.79 Å². The Kier molecular flexibility index (Phi) is 4.76. The highest BCUT2D eigenvalue weighted by molar-refractivity contribution is 5.31. The van der Waals surface area contributed by atoms with Gasteiger partial charge in [0.1, 0.15) is 0 Å². The van der Waals surface area contributed by atoms with Gasteiger partial charge >= 0.3 is 0 Å². The molecule has 1 N–H and O–H groups in total. The maximum atomic E-state index is 12.9. The molecule has 0 aliphatic heterocycles. The molecule has 1 aromatic rings. The van der Waals surface area contributed by atoms with Gasteiger partial charge in [0.2, 0.25) is 0 Å². The number of fused-ring (bicyclic) bond motifs is 1. The summed E-state index contributed by atoms with van der Waals surface area (Å²) in [7, 11) is 1.70. The predicted octanol–water partition coefficient (Wildman–Crippen LogP) is 2.19. The smallest absolute Gasteiger partial charge is 0.255 e. The number of aryl methyl sites for hydroxylation is 1.